The molecule has 92 valence electrons. The molecule has 0 aliphatic heterocycles. The average molecular weight is 313 g/mol. The highest BCUT2D eigenvalue weighted by Crippen LogP contribution is 2.22. The molecule has 0 amide bonds. The van der Waals surface area contributed by atoms with Crippen molar-refractivity contribution < 1.29 is 0 Å². The number of benzene rings is 1. The molecule has 0 saturated heterocycles. The Kier molecular flexibility index (Phi) is 3.02. The molecule has 0 aliphatic rings. The fourth-order valence-corrected chi connectivity index (χ4v) is 2.40. The lowest BCUT2D eigenvalue weighted by Crippen LogP contribution is -2.02. The zero-order chi connectivity index (χ0) is 13.2. The molecule has 0 radical (unpaired) electrons. The lowest BCUT2D eigenvalue weighted by atomic mass is 10.3. The predicted octanol–water partition coefficient (Wildman–Crippen LogP) is 3.11. The van der Waals surface area contributed by atoms with Crippen LogP contribution >= 0.6 is 15.9 Å². The van der Waals surface area contributed by atoms with Gasteiger partial charge in [0.25, 0.3) is 0 Å². The molecule has 0 unspecified atom stereocenters. The van der Waals surface area contributed by atoms with Crippen LogP contribution in [0.15, 0.2) is 47.1 Å². The van der Waals surface area contributed by atoms with Gasteiger partial charge < -0.3 is 0 Å². The molecule has 4 nitrogen and oxygen atoms in total. The van der Waals surface area contributed by atoms with E-state index in [-0.39, 0.29) is 0 Å². The zero-order valence-corrected chi connectivity index (χ0v) is 11.5. The first-order valence-electron chi connectivity index (χ1n) is 5.74. The molecule has 2 aromatic heterocycles. The fraction of sp³-hybridized carbons (Fsp3) is 0.0714. The van der Waals surface area contributed by atoms with Crippen molar-refractivity contribution >= 4 is 26.8 Å². The van der Waals surface area contributed by atoms with E-state index in [1.807, 2.05) is 47.3 Å². The molecule has 0 N–H and O–H groups in total. The summed E-state index contributed by atoms with van der Waals surface area (Å²) >= 11 is 3.48. The van der Waals surface area contributed by atoms with Gasteiger partial charge in [-0.1, -0.05) is 18.2 Å². The number of rotatable bonds is 2. The largest absolute Gasteiger partial charge is 0.265 e. The van der Waals surface area contributed by atoms with Crippen LogP contribution in [0.4, 0.5) is 0 Å². The predicted molar refractivity (Wildman–Crippen MR) is 75.5 cm³/mol. The normalized spacial score (nSPS) is 10.5. The van der Waals surface area contributed by atoms with Crippen molar-refractivity contribution in [3.05, 3.63) is 58.5 Å². The van der Waals surface area contributed by atoms with Gasteiger partial charge in [-0.3, -0.25) is 4.68 Å². The van der Waals surface area contributed by atoms with Crippen molar-refractivity contribution in [1.82, 2.24) is 14.8 Å². The topological polar surface area (TPSA) is 54.5 Å². The SMILES string of the molecule is N#Cc1cccc(Cn2cc3cccc(Br)c3n2)n1. The molecule has 1 aromatic carbocycles. The van der Waals surface area contributed by atoms with Gasteiger partial charge in [0.2, 0.25) is 0 Å². The second-order valence-electron chi connectivity index (χ2n) is 4.13. The van der Waals surface area contributed by atoms with Crippen LogP contribution in [-0.4, -0.2) is 14.8 Å². The molecule has 0 aliphatic carbocycles. The number of fused-ring (bicyclic) bond motifs is 1. The Labute approximate surface area is 118 Å². The molecule has 5 heteroatoms. The van der Waals surface area contributed by atoms with Crippen molar-refractivity contribution in [1.29, 1.82) is 5.26 Å². The van der Waals surface area contributed by atoms with E-state index in [4.69, 9.17) is 5.26 Å². The number of hydrogen-bond acceptors (Lipinski definition) is 3. The lowest BCUT2D eigenvalue weighted by molar-refractivity contribution is 0.680. The molecular weight excluding hydrogens is 304 g/mol. The van der Waals surface area contributed by atoms with Gasteiger partial charge in [0.1, 0.15) is 17.3 Å². The Morgan fingerprint density at radius 1 is 1.21 bits per heavy atom. The highest BCUT2D eigenvalue weighted by molar-refractivity contribution is 9.10. The number of nitrogens with zero attached hydrogens (tertiary/aromatic N) is 4. The monoisotopic (exact) mass is 312 g/mol. The first-order valence-corrected chi connectivity index (χ1v) is 6.53. The first-order chi connectivity index (χ1) is 9.26. The van der Waals surface area contributed by atoms with E-state index in [1.165, 1.54) is 0 Å². The lowest BCUT2D eigenvalue weighted by Gasteiger charge is -2.00. The van der Waals surface area contributed by atoms with Gasteiger partial charge in [0, 0.05) is 16.1 Å². The Morgan fingerprint density at radius 2 is 2.05 bits per heavy atom. The number of hydrogen-bond donors (Lipinski definition) is 0. The van der Waals surface area contributed by atoms with Gasteiger partial charge in [-0.15, -0.1) is 0 Å². The average Bonchev–Trinajstić information content (AvgIpc) is 2.83. The van der Waals surface area contributed by atoms with Crippen molar-refractivity contribution in [3.8, 4) is 6.07 Å². The smallest absolute Gasteiger partial charge is 0.140 e. The number of nitriles is 1. The number of pyridine rings is 1. The quantitative estimate of drug-likeness (QED) is 0.730. The van der Waals surface area contributed by atoms with Gasteiger partial charge >= 0.3 is 0 Å². The third-order valence-electron chi connectivity index (χ3n) is 2.78. The second kappa shape index (κ2) is 4.82. The second-order valence-corrected chi connectivity index (χ2v) is 4.98. The summed E-state index contributed by atoms with van der Waals surface area (Å²) in [6.45, 7) is 0.552. The highest BCUT2D eigenvalue weighted by atomic mass is 79.9. The Hall–Kier alpha value is -2.19. The standard InChI is InChI=1S/C14H9BrN4/c15-13-6-1-3-10-8-19(18-14(10)13)9-12-5-2-4-11(7-16)17-12/h1-6,8H,9H2. The number of halogens is 1. The summed E-state index contributed by atoms with van der Waals surface area (Å²) in [5, 5.41) is 14.4. The summed E-state index contributed by atoms with van der Waals surface area (Å²) in [7, 11) is 0. The molecule has 2 heterocycles. The van der Waals surface area contributed by atoms with E-state index >= 15 is 0 Å². The molecule has 3 aromatic rings. The molecule has 3 rings (SSSR count). The molecule has 19 heavy (non-hydrogen) atoms. The van der Waals surface area contributed by atoms with E-state index in [2.05, 4.69) is 26.0 Å². The zero-order valence-electron chi connectivity index (χ0n) is 9.92. The summed E-state index contributed by atoms with van der Waals surface area (Å²) < 4.78 is 2.81. The summed E-state index contributed by atoms with van der Waals surface area (Å²) in [6, 6.07) is 13.4. The van der Waals surface area contributed by atoms with Crippen LogP contribution in [0, 0.1) is 11.3 Å². The van der Waals surface area contributed by atoms with Crippen LogP contribution in [0.1, 0.15) is 11.4 Å². The van der Waals surface area contributed by atoms with E-state index in [1.54, 1.807) is 6.07 Å². The Balaban J connectivity index is 1.97. The van der Waals surface area contributed by atoms with Crippen molar-refractivity contribution in [3.63, 3.8) is 0 Å². The van der Waals surface area contributed by atoms with Crippen LogP contribution in [0.2, 0.25) is 0 Å². The maximum atomic E-state index is 8.84. The third-order valence-corrected chi connectivity index (χ3v) is 3.42. The van der Waals surface area contributed by atoms with Gasteiger partial charge in [0.15, 0.2) is 0 Å². The molecule has 0 bridgehead atoms. The minimum absolute atomic E-state index is 0.426. The Bertz CT molecular complexity index is 785. The van der Waals surface area contributed by atoms with Gasteiger partial charge in [-0.25, -0.2) is 4.98 Å². The highest BCUT2D eigenvalue weighted by Gasteiger charge is 2.05. The molecule has 0 atom stereocenters. The maximum Gasteiger partial charge on any atom is 0.140 e. The number of aromatic nitrogens is 3. The van der Waals surface area contributed by atoms with Crippen LogP contribution < -0.4 is 0 Å². The molecule has 0 fully saturated rings. The first kappa shape index (κ1) is 11.9. The summed E-state index contributed by atoms with van der Waals surface area (Å²) in [5.74, 6) is 0. The van der Waals surface area contributed by atoms with Gasteiger partial charge in [-0.2, -0.15) is 10.4 Å². The van der Waals surface area contributed by atoms with Crippen molar-refractivity contribution in [2.75, 3.05) is 0 Å². The van der Waals surface area contributed by atoms with E-state index < -0.39 is 0 Å². The molecule has 0 saturated carbocycles. The van der Waals surface area contributed by atoms with E-state index in [0.717, 1.165) is 21.1 Å². The molecular formula is C14H9BrN4. The van der Waals surface area contributed by atoms with Crippen LogP contribution in [0.3, 0.4) is 0 Å². The minimum atomic E-state index is 0.426. The van der Waals surface area contributed by atoms with Crippen LogP contribution in [-0.2, 0) is 6.54 Å². The van der Waals surface area contributed by atoms with Crippen molar-refractivity contribution in [2.45, 2.75) is 6.54 Å². The summed E-state index contributed by atoms with van der Waals surface area (Å²) in [6.07, 6.45) is 1.97. The third kappa shape index (κ3) is 2.35. The maximum absolute atomic E-state index is 8.84. The molecule has 0 spiro atoms. The Morgan fingerprint density at radius 3 is 2.84 bits per heavy atom. The van der Waals surface area contributed by atoms with E-state index in [9.17, 15) is 0 Å². The summed E-state index contributed by atoms with van der Waals surface area (Å²) in [4.78, 5) is 4.25. The van der Waals surface area contributed by atoms with Crippen LogP contribution in [0.25, 0.3) is 10.9 Å². The van der Waals surface area contributed by atoms with E-state index in [0.29, 0.717) is 12.2 Å². The minimum Gasteiger partial charge on any atom is -0.265 e. The summed E-state index contributed by atoms with van der Waals surface area (Å²) in [5.41, 5.74) is 2.18. The fourth-order valence-electron chi connectivity index (χ4n) is 1.94. The van der Waals surface area contributed by atoms with Gasteiger partial charge in [-0.05, 0) is 34.1 Å². The van der Waals surface area contributed by atoms with Crippen LogP contribution in [0.5, 0.6) is 0 Å². The van der Waals surface area contributed by atoms with Crippen molar-refractivity contribution in [2.24, 2.45) is 0 Å². The van der Waals surface area contributed by atoms with Gasteiger partial charge in [0.05, 0.1) is 12.2 Å².